The summed E-state index contributed by atoms with van der Waals surface area (Å²) in [5.41, 5.74) is 1.14. The van der Waals surface area contributed by atoms with Crippen LogP contribution in [0.4, 0.5) is 0 Å². The predicted molar refractivity (Wildman–Crippen MR) is 88.3 cm³/mol. The lowest BCUT2D eigenvalue weighted by Gasteiger charge is -2.08. The van der Waals surface area contributed by atoms with Crippen LogP contribution >= 0.6 is 0 Å². The van der Waals surface area contributed by atoms with E-state index in [1.165, 1.54) is 6.20 Å². The zero-order chi connectivity index (χ0) is 16.4. The van der Waals surface area contributed by atoms with Crippen LogP contribution in [0.25, 0.3) is 0 Å². The van der Waals surface area contributed by atoms with Crippen LogP contribution in [0.5, 0.6) is 5.75 Å². The third-order valence-corrected chi connectivity index (χ3v) is 2.45. The first kappa shape index (κ1) is 17.4. The van der Waals surface area contributed by atoms with Crippen LogP contribution in [0.3, 0.4) is 0 Å². The van der Waals surface area contributed by atoms with Crippen LogP contribution < -0.4 is 4.74 Å². The third kappa shape index (κ3) is 5.36. The van der Waals surface area contributed by atoms with Gasteiger partial charge in [0.2, 0.25) is 0 Å². The van der Waals surface area contributed by atoms with E-state index in [1.807, 2.05) is 40.1 Å². The molecule has 0 spiro atoms. The highest BCUT2D eigenvalue weighted by Crippen LogP contribution is 2.17. The number of pyridine rings is 1. The molecule has 2 aromatic rings. The molecule has 0 aliphatic carbocycles. The van der Waals surface area contributed by atoms with Gasteiger partial charge in [-0.05, 0) is 24.3 Å². The molecular weight excluding hydrogens is 278 g/mol. The Morgan fingerprint density at radius 2 is 1.91 bits per heavy atom. The number of rotatable bonds is 4. The lowest BCUT2D eigenvalue weighted by Crippen LogP contribution is -2.10. The summed E-state index contributed by atoms with van der Waals surface area (Å²) in [7, 11) is 3.64. The van der Waals surface area contributed by atoms with Crippen molar-refractivity contribution in [2.45, 2.75) is 13.8 Å². The fourth-order valence-electron chi connectivity index (χ4n) is 1.50. The van der Waals surface area contributed by atoms with Crippen LogP contribution in [-0.2, 0) is 0 Å². The summed E-state index contributed by atoms with van der Waals surface area (Å²) in [6, 6.07) is 10.6. The molecule has 0 N–H and O–H groups in total. The number of carbonyl (C=O) groups is 1. The summed E-state index contributed by atoms with van der Waals surface area (Å²) in [5, 5.41) is 5.81. The summed E-state index contributed by atoms with van der Waals surface area (Å²) in [4.78, 5) is 15.9. The Kier molecular flexibility index (Phi) is 7.33. The number of benzene rings is 1. The van der Waals surface area contributed by atoms with E-state index in [-0.39, 0.29) is 0 Å². The number of para-hydroxylation sites is 1. The second kappa shape index (κ2) is 9.28. The number of ether oxygens (including phenoxy) is 1. The molecular formula is C17H21N3O2. The summed E-state index contributed by atoms with van der Waals surface area (Å²) in [6.07, 6.45) is 4.72. The Balaban J connectivity index is 0.00000116. The predicted octanol–water partition coefficient (Wildman–Crippen LogP) is 3.22. The summed E-state index contributed by atoms with van der Waals surface area (Å²) in [5.74, 6) is 0.0238. The van der Waals surface area contributed by atoms with Crippen molar-refractivity contribution in [3.05, 3.63) is 59.9 Å². The van der Waals surface area contributed by atoms with Gasteiger partial charge in [0, 0.05) is 32.1 Å². The largest absolute Gasteiger partial charge is 0.422 e. The molecule has 2 rings (SSSR count). The highest BCUT2D eigenvalue weighted by Gasteiger charge is 2.10. The minimum Gasteiger partial charge on any atom is -0.422 e. The van der Waals surface area contributed by atoms with Gasteiger partial charge in [0.05, 0.1) is 11.8 Å². The van der Waals surface area contributed by atoms with Crippen molar-refractivity contribution in [1.29, 1.82) is 0 Å². The van der Waals surface area contributed by atoms with Gasteiger partial charge >= 0.3 is 5.97 Å². The smallest absolute Gasteiger partial charge is 0.345 e. The number of carbonyl (C=O) groups excluding carboxylic acids is 1. The summed E-state index contributed by atoms with van der Waals surface area (Å²) in [6.45, 7) is 4.00. The zero-order valence-corrected chi connectivity index (χ0v) is 13.4. The van der Waals surface area contributed by atoms with Gasteiger partial charge in [-0.25, -0.2) is 4.79 Å². The Bertz CT molecular complexity index is 610. The maximum absolute atomic E-state index is 12.0. The van der Waals surface area contributed by atoms with Gasteiger partial charge in [0.15, 0.2) is 0 Å². The first-order valence-electron chi connectivity index (χ1n) is 7.09. The SMILES string of the molecule is CC.CN(C)/N=C/c1ccccc1OC(=O)c1cccnc1. The molecule has 5 heteroatoms. The van der Waals surface area contributed by atoms with E-state index < -0.39 is 5.97 Å². The van der Waals surface area contributed by atoms with E-state index in [9.17, 15) is 4.79 Å². The van der Waals surface area contributed by atoms with Gasteiger partial charge in [-0.2, -0.15) is 5.10 Å². The van der Waals surface area contributed by atoms with Crippen molar-refractivity contribution >= 4 is 12.2 Å². The zero-order valence-electron chi connectivity index (χ0n) is 13.4. The average Bonchev–Trinajstić information content (AvgIpc) is 2.56. The van der Waals surface area contributed by atoms with Crippen LogP contribution in [0.1, 0.15) is 29.8 Å². The second-order valence-corrected chi connectivity index (χ2v) is 4.26. The number of aromatic nitrogens is 1. The van der Waals surface area contributed by atoms with Crippen LogP contribution in [0.2, 0.25) is 0 Å². The van der Waals surface area contributed by atoms with E-state index in [4.69, 9.17) is 4.74 Å². The van der Waals surface area contributed by atoms with E-state index in [0.29, 0.717) is 11.3 Å². The minimum absolute atomic E-state index is 0.409. The molecule has 0 unspecified atom stereocenters. The number of esters is 1. The highest BCUT2D eigenvalue weighted by molar-refractivity contribution is 5.92. The summed E-state index contributed by atoms with van der Waals surface area (Å²) < 4.78 is 5.38. The number of nitrogens with zero attached hydrogens (tertiary/aromatic N) is 3. The molecule has 0 amide bonds. The van der Waals surface area contributed by atoms with Gasteiger partial charge < -0.3 is 9.75 Å². The molecule has 0 atom stereocenters. The van der Waals surface area contributed by atoms with E-state index in [0.717, 1.165) is 5.56 Å². The lowest BCUT2D eigenvalue weighted by molar-refractivity contribution is 0.0734. The highest BCUT2D eigenvalue weighted by atomic mass is 16.5. The number of hydrazone groups is 1. The van der Waals surface area contributed by atoms with Crippen molar-refractivity contribution in [1.82, 2.24) is 9.99 Å². The van der Waals surface area contributed by atoms with Crippen LogP contribution in [0.15, 0.2) is 53.9 Å². The van der Waals surface area contributed by atoms with E-state index in [1.54, 1.807) is 41.7 Å². The van der Waals surface area contributed by atoms with Crippen molar-refractivity contribution < 1.29 is 9.53 Å². The molecule has 0 radical (unpaired) electrons. The molecule has 0 bridgehead atoms. The van der Waals surface area contributed by atoms with Crippen molar-refractivity contribution in [3.63, 3.8) is 0 Å². The van der Waals surface area contributed by atoms with E-state index >= 15 is 0 Å². The fourth-order valence-corrected chi connectivity index (χ4v) is 1.50. The molecule has 0 aliphatic heterocycles. The molecule has 0 saturated carbocycles. The molecule has 0 aliphatic rings. The second-order valence-electron chi connectivity index (χ2n) is 4.26. The average molecular weight is 299 g/mol. The molecule has 116 valence electrons. The lowest BCUT2D eigenvalue weighted by atomic mass is 10.2. The monoisotopic (exact) mass is 299 g/mol. The molecule has 1 aromatic heterocycles. The Hall–Kier alpha value is -2.69. The van der Waals surface area contributed by atoms with Crippen LogP contribution in [-0.4, -0.2) is 36.3 Å². The molecule has 22 heavy (non-hydrogen) atoms. The van der Waals surface area contributed by atoms with E-state index in [2.05, 4.69) is 10.1 Å². The van der Waals surface area contributed by atoms with Crippen molar-refractivity contribution in [3.8, 4) is 5.75 Å². The first-order valence-corrected chi connectivity index (χ1v) is 7.09. The first-order chi connectivity index (χ1) is 10.7. The third-order valence-electron chi connectivity index (χ3n) is 2.45. The van der Waals surface area contributed by atoms with Gasteiger partial charge in [-0.15, -0.1) is 0 Å². The van der Waals surface area contributed by atoms with Gasteiger partial charge in [0.25, 0.3) is 0 Å². The molecule has 1 heterocycles. The number of hydrogen-bond acceptors (Lipinski definition) is 5. The quantitative estimate of drug-likeness (QED) is 0.376. The maximum atomic E-state index is 12.0. The topological polar surface area (TPSA) is 54.8 Å². The molecule has 0 saturated heterocycles. The Morgan fingerprint density at radius 3 is 2.55 bits per heavy atom. The minimum atomic E-state index is -0.441. The Labute approximate surface area is 131 Å². The standard InChI is InChI=1S/C15H15N3O2.C2H6/c1-18(2)17-11-12-6-3-4-8-14(12)20-15(19)13-7-5-9-16-10-13;1-2/h3-11H,1-2H3;1-2H3/b17-11+;. The molecule has 5 nitrogen and oxygen atoms in total. The maximum Gasteiger partial charge on any atom is 0.345 e. The fraction of sp³-hybridized carbons (Fsp3) is 0.235. The number of hydrogen-bond donors (Lipinski definition) is 0. The van der Waals surface area contributed by atoms with Crippen molar-refractivity contribution in [2.24, 2.45) is 5.10 Å². The van der Waals surface area contributed by atoms with Crippen LogP contribution in [0, 0.1) is 0 Å². The molecule has 1 aromatic carbocycles. The van der Waals surface area contributed by atoms with Gasteiger partial charge in [-0.1, -0.05) is 26.0 Å². The molecule has 0 fully saturated rings. The van der Waals surface area contributed by atoms with Gasteiger partial charge in [-0.3, -0.25) is 4.98 Å². The Morgan fingerprint density at radius 1 is 1.18 bits per heavy atom. The summed E-state index contributed by atoms with van der Waals surface area (Å²) >= 11 is 0. The normalized spacial score (nSPS) is 9.82. The van der Waals surface area contributed by atoms with Gasteiger partial charge in [0.1, 0.15) is 5.75 Å². The van der Waals surface area contributed by atoms with Crippen molar-refractivity contribution in [2.75, 3.05) is 14.1 Å².